The highest BCUT2D eigenvalue weighted by molar-refractivity contribution is 7.07. The Kier molecular flexibility index (Phi) is 4.79. The monoisotopic (exact) mass is 292 g/mol. The van der Waals surface area contributed by atoms with E-state index in [0.29, 0.717) is 6.04 Å². The molecule has 2 fully saturated rings. The molecule has 3 atom stereocenters. The highest BCUT2D eigenvalue weighted by Gasteiger charge is 2.42. The van der Waals surface area contributed by atoms with Crippen molar-refractivity contribution in [1.29, 1.82) is 0 Å². The van der Waals surface area contributed by atoms with Crippen molar-refractivity contribution >= 4 is 11.3 Å². The van der Waals surface area contributed by atoms with E-state index in [9.17, 15) is 0 Å². The minimum atomic E-state index is 0.703. The van der Waals surface area contributed by atoms with Gasteiger partial charge in [-0.1, -0.05) is 6.92 Å². The van der Waals surface area contributed by atoms with Gasteiger partial charge < -0.3 is 5.32 Å². The van der Waals surface area contributed by atoms with E-state index in [4.69, 9.17) is 0 Å². The summed E-state index contributed by atoms with van der Waals surface area (Å²) < 4.78 is 0. The van der Waals surface area contributed by atoms with Crippen LogP contribution in [0.4, 0.5) is 0 Å². The summed E-state index contributed by atoms with van der Waals surface area (Å²) in [4.78, 5) is 2.85. The number of hydrogen-bond acceptors (Lipinski definition) is 3. The maximum absolute atomic E-state index is 3.75. The standard InChI is InChI=1S/C17H28N2S/c1-3-7-18-15-10-16-4-5-17(11-15)19(16)13(2)9-14-6-8-20-12-14/h6,8,12-13,15-18H,3-5,7,9-11H2,1-2H3. The lowest BCUT2D eigenvalue weighted by Gasteiger charge is -2.43. The molecule has 1 N–H and O–H groups in total. The number of thiophene rings is 1. The summed E-state index contributed by atoms with van der Waals surface area (Å²) >= 11 is 1.83. The Bertz CT molecular complexity index is 389. The molecule has 3 heterocycles. The summed E-state index contributed by atoms with van der Waals surface area (Å²) in [5.41, 5.74) is 1.52. The molecule has 0 amide bonds. The van der Waals surface area contributed by atoms with E-state index in [1.165, 1.54) is 50.6 Å². The first-order chi connectivity index (χ1) is 9.78. The average molecular weight is 292 g/mol. The molecule has 0 saturated carbocycles. The summed E-state index contributed by atoms with van der Waals surface area (Å²) in [6.07, 6.45) is 8.05. The topological polar surface area (TPSA) is 15.3 Å². The molecule has 2 saturated heterocycles. The van der Waals surface area contributed by atoms with Crippen molar-refractivity contribution in [3.63, 3.8) is 0 Å². The predicted octanol–water partition coefficient (Wildman–Crippen LogP) is 3.67. The molecule has 2 bridgehead atoms. The molecular weight excluding hydrogens is 264 g/mol. The number of fused-ring (bicyclic) bond motifs is 2. The van der Waals surface area contributed by atoms with E-state index >= 15 is 0 Å². The molecule has 2 aliphatic heterocycles. The van der Waals surface area contributed by atoms with Gasteiger partial charge in [-0.3, -0.25) is 4.90 Å². The molecule has 3 unspecified atom stereocenters. The summed E-state index contributed by atoms with van der Waals surface area (Å²) in [6, 6.07) is 5.43. The third kappa shape index (κ3) is 3.10. The fourth-order valence-electron chi connectivity index (χ4n) is 4.30. The number of piperidine rings is 1. The Hall–Kier alpha value is -0.380. The summed E-state index contributed by atoms with van der Waals surface area (Å²) in [7, 11) is 0. The number of rotatable bonds is 6. The van der Waals surface area contributed by atoms with Crippen LogP contribution in [0.15, 0.2) is 16.8 Å². The smallest absolute Gasteiger partial charge is 0.0116 e. The van der Waals surface area contributed by atoms with Gasteiger partial charge in [0, 0.05) is 24.2 Å². The van der Waals surface area contributed by atoms with E-state index in [1.807, 2.05) is 11.3 Å². The van der Waals surface area contributed by atoms with Crippen LogP contribution in [0.25, 0.3) is 0 Å². The number of nitrogens with one attached hydrogen (secondary N) is 1. The van der Waals surface area contributed by atoms with Gasteiger partial charge in [0.05, 0.1) is 0 Å². The number of hydrogen-bond donors (Lipinski definition) is 1. The van der Waals surface area contributed by atoms with Crippen molar-refractivity contribution in [3.8, 4) is 0 Å². The maximum atomic E-state index is 3.75. The Balaban J connectivity index is 1.59. The van der Waals surface area contributed by atoms with Crippen LogP contribution in [0, 0.1) is 0 Å². The lowest BCUT2D eigenvalue weighted by molar-refractivity contribution is 0.0774. The van der Waals surface area contributed by atoms with E-state index in [0.717, 1.165) is 18.1 Å². The second-order valence-corrected chi connectivity index (χ2v) is 7.42. The Morgan fingerprint density at radius 1 is 1.35 bits per heavy atom. The van der Waals surface area contributed by atoms with Crippen molar-refractivity contribution in [2.45, 2.75) is 76.5 Å². The first-order valence-corrected chi connectivity index (χ1v) is 9.24. The van der Waals surface area contributed by atoms with Crippen molar-refractivity contribution in [2.24, 2.45) is 0 Å². The largest absolute Gasteiger partial charge is 0.314 e. The normalized spacial score (nSPS) is 31.6. The van der Waals surface area contributed by atoms with E-state index in [-0.39, 0.29) is 0 Å². The molecule has 0 aromatic carbocycles. The molecule has 1 aromatic rings. The van der Waals surface area contributed by atoms with Crippen molar-refractivity contribution in [1.82, 2.24) is 10.2 Å². The van der Waals surface area contributed by atoms with E-state index in [1.54, 1.807) is 0 Å². The van der Waals surface area contributed by atoms with E-state index < -0.39 is 0 Å². The van der Waals surface area contributed by atoms with Gasteiger partial charge in [-0.05, 0) is 74.4 Å². The second-order valence-electron chi connectivity index (χ2n) is 6.64. The predicted molar refractivity (Wildman–Crippen MR) is 87.4 cm³/mol. The molecule has 1 aromatic heterocycles. The first-order valence-electron chi connectivity index (χ1n) is 8.29. The van der Waals surface area contributed by atoms with Crippen LogP contribution in [0.2, 0.25) is 0 Å². The molecule has 20 heavy (non-hydrogen) atoms. The molecule has 112 valence electrons. The zero-order valence-electron chi connectivity index (χ0n) is 12.8. The van der Waals surface area contributed by atoms with Gasteiger partial charge in [0.25, 0.3) is 0 Å². The lowest BCUT2D eigenvalue weighted by Crippen LogP contribution is -2.52. The molecule has 2 aliphatic rings. The Morgan fingerprint density at radius 3 is 2.70 bits per heavy atom. The minimum absolute atomic E-state index is 0.703. The fourth-order valence-corrected chi connectivity index (χ4v) is 4.99. The molecule has 0 aliphatic carbocycles. The van der Waals surface area contributed by atoms with Crippen LogP contribution in [0.3, 0.4) is 0 Å². The molecular formula is C17H28N2S. The van der Waals surface area contributed by atoms with Crippen LogP contribution in [-0.2, 0) is 6.42 Å². The van der Waals surface area contributed by atoms with E-state index in [2.05, 4.69) is 40.9 Å². The first kappa shape index (κ1) is 14.6. The quantitative estimate of drug-likeness (QED) is 0.860. The zero-order valence-corrected chi connectivity index (χ0v) is 13.7. The van der Waals surface area contributed by atoms with Crippen LogP contribution < -0.4 is 5.32 Å². The fraction of sp³-hybridized carbons (Fsp3) is 0.765. The molecule has 0 radical (unpaired) electrons. The van der Waals surface area contributed by atoms with Crippen molar-refractivity contribution in [2.75, 3.05) is 6.54 Å². The highest BCUT2D eigenvalue weighted by Crippen LogP contribution is 2.37. The Morgan fingerprint density at radius 2 is 2.10 bits per heavy atom. The SMILES string of the molecule is CCCNC1CC2CCC(C1)N2C(C)Cc1ccsc1. The second kappa shape index (κ2) is 6.59. The lowest BCUT2D eigenvalue weighted by atomic mass is 9.94. The van der Waals surface area contributed by atoms with Gasteiger partial charge in [-0.15, -0.1) is 0 Å². The van der Waals surface area contributed by atoms with Gasteiger partial charge in [-0.2, -0.15) is 11.3 Å². The highest BCUT2D eigenvalue weighted by atomic mass is 32.1. The van der Waals surface area contributed by atoms with Crippen LogP contribution in [-0.4, -0.2) is 35.6 Å². The van der Waals surface area contributed by atoms with Gasteiger partial charge in [0.15, 0.2) is 0 Å². The summed E-state index contributed by atoms with van der Waals surface area (Å²) in [5, 5.41) is 8.27. The number of nitrogens with zero attached hydrogens (tertiary/aromatic N) is 1. The summed E-state index contributed by atoms with van der Waals surface area (Å²) in [6.45, 7) is 5.89. The van der Waals surface area contributed by atoms with Gasteiger partial charge >= 0.3 is 0 Å². The van der Waals surface area contributed by atoms with Crippen molar-refractivity contribution in [3.05, 3.63) is 22.4 Å². The zero-order chi connectivity index (χ0) is 13.9. The molecule has 3 rings (SSSR count). The summed E-state index contributed by atoms with van der Waals surface area (Å²) in [5.74, 6) is 0. The van der Waals surface area contributed by atoms with Gasteiger partial charge in [0.2, 0.25) is 0 Å². The third-order valence-electron chi connectivity index (χ3n) is 5.09. The van der Waals surface area contributed by atoms with Gasteiger partial charge in [0.1, 0.15) is 0 Å². The molecule has 0 spiro atoms. The van der Waals surface area contributed by atoms with Crippen molar-refractivity contribution < 1.29 is 0 Å². The van der Waals surface area contributed by atoms with Crippen LogP contribution in [0.5, 0.6) is 0 Å². The maximum Gasteiger partial charge on any atom is 0.0116 e. The average Bonchev–Trinajstić information content (AvgIpc) is 3.03. The minimum Gasteiger partial charge on any atom is -0.314 e. The molecule has 3 heteroatoms. The Labute approximate surface area is 127 Å². The van der Waals surface area contributed by atoms with Gasteiger partial charge in [-0.25, -0.2) is 0 Å². The van der Waals surface area contributed by atoms with Crippen LogP contribution in [0.1, 0.15) is 51.5 Å². The van der Waals surface area contributed by atoms with Crippen LogP contribution >= 0.6 is 11.3 Å². The molecule has 2 nitrogen and oxygen atoms in total. The third-order valence-corrected chi connectivity index (χ3v) is 5.82.